The molecule has 1 N–H and O–H groups in total. The third-order valence-corrected chi connectivity index (χ3v) is 4.03. The van der Waals surface area contributed by atoms with Crippen molar-refractivity contribution in [2.24, 2.45) is 0 Å². The van der Waals surface area contributed by atoms with E-state index in [0.29, 0.717) is 32.2 Å². The summed E-state index contributed by atoms with van der Waals surface area (Å²) in [5.74, 6) is 0.172. The van der Waals surface area contributed by atoms with E-state index in [1.165, 1.54) is 0 Å². The van der Waals surface area contributed by atoms with Gasteiger partial charge in [0.2, 0.25) is 5.91 Å². The summed E-state index contributed by atoms with van der Waals surface area (Å²) in [6, 6.07) is 6.16. The van der Waals surface area contributed by atoms with Gasteiger partial charge in [0.05, 0.1) is 25.3 Å². The molecule has 1 fully saturated rings. The quantitative estimate of drug-likeness (QED) is 0.783. The van der Waals surface area contributed by atoms with Crippen molar-refractivity contribution in [3.05, 3.63) is 30.1 Å². The summed E-state index contributed by atoms with van der Waals surface area (Å²) in [5, 5.41) is 3.41. The third-order valence-electron chi connectivity index (χ3n) is 4.03. The molecule has 1 unspecified atom stereocenters. The number of aromatic nitrogens is 1. The molecule has 0 bridgehead atoms. The topological polar surface area (TPSA) is 54.5 Å². The van der Waals surface area contributed by atoms with Crippen LogP contribution >= 0.6 is 0 Å². The van der Waals surface area contributed by atoms with Gasteiger partial charge in [-0.15, -0.1) is 0 Å². The Hall–Kier alpha value is -1.46. The standard InChI is InChI=1S/C17H27N3O2/c1-2-22-13-9-17(21)20(14-15-6-3-4-11-19-15)16-7-5-10-18-12-8-16/h3-4,6,11,16,18H,2,5,7-10,12-14H2,1H3. The fourth-order valence-corrected chi connectivity index (χ4v) is 2.85. The smallest absolute Gasteiger partial charge is 0.225 e. The fourth-order valence-electron chi connectivity index (χ4n) is 2.85. The monoisotopic (exact) mass is 305 g/mol. The number of hydrogen-bond donors (Lipinski definition) is 1. The largest absolute Gasteiger partial charge is 0.381 e. The number of carbonyl (C=O) groups is 1. The van der Waals surface area contributed by atoms with Crippen molar-refractivity contribution in [1.29, 1.82) is 0 Å². The molecule has 22 heavy (non-hydrogen) atoms. The average molecular weight is 305 g/mol. The van der Waals surface area contributed by atoms with Crippen LogP contribution < -0.4 is 5.32 Å². The molecule has 1 saturated heterocycles. The molecule has 122 valence electrons. The molecule has 1 aliphatic rings. The van der Waals surface area contributed by atoms with E-state index in [2.05, 4.69) is 10.3 Å². The molecular weight excluding hydrogens is 278 g/mol. The molecule has 0 aliphatic carbocycles. The van der Waals surface area contributed by atoms with Crippen molar-refractivity contribution < 1.29 is 9.53 Å². The molecule has 1 amide bonds. The zero-order chi connectivity index (χ0) is 15.6. The SMILES string of the molecule is CCOCCC(=O)N(Cc1ccccn1)C1CCCNCC1. The normalized spacial score (nSPS) is 18.7. The lowest BCUT2D eigenvalue weighted by atomic mass is 10.1. The molecule has 1 aliphatic heterocycles. The first-order valence-corrected chi connectivity index (χ1v) is 8.29. The van der Waals surface area contributed by atoms with E-state index in [1.54, 1.807) is 6.20 Å². The van der Waals surface area contributed by atoms with Gasteiger partial charge in [-0.3, -0.25) is 9.78 Å². The van der Waals surface area contributed by atoms with Gasteiger partial charge < -0.3 is 15.0 Å². The minimum atomic E-state index is 0.172. The summed E-state index contributed by atoms with van der Waals surface area (Å²) in [4.78, 5) is 19.0. The Kier molecular flexibility index (Phi) is 7.33. The summed E-state index contributed by atoms with van der Waals surface area (Å²) < 4.78 is 5.34. The summed E-state index contributed by atoms with van der Waals surface area (Å²) in [6.07, 6.45) is 5.41. The Morgan fingerprint density at radius 1 is 1.41 bits per heavy atom. The van der Waals surface area contributed by atoms with Crippen LogP contribution in [0.25, 0.3) is 0 Å². The Labute approximate surface area is 133 Å². The number of carbonyl (C=O) groups excluding carboxylic acids is 1. The van der Waals surface area contributed by atoms with Crippen LogP contribution in [0.15, 0.2) is 24.4 Å². The molecule has 1 aromatic heterocycles. The highest BCUT2D eigenvalue weighted by Gasteiger charge is 2.24. The first-order chi connectivity index (χ1) is 10.8. The predicted molar refractivity (Wildman–Crippen MR) is 86.4 cm³/mol. The molecule has 2 rings (SSSR count). The van der Waals surface area contributed by atoms with Crippen molar-refractivity contribution in [3.8, 4) is 0 Å². The number of ether oxygens (including phenoxy) is 1. The van der Waals surface area contributed by atoms with Crippen LogP contribution in [0.4, 0.5) is 0 Å². The third kappa shape index (κ3) is 5.39. The Morgan fingerprint density at radius 3 is 3.09 bits per heavy atom. The number of rotatable bonds is 7. The second-order valence-electron chi connectivity index (χ2n) is 5.62. The molecule has 5 heteroatoms. The zero-order valence-corrected chi connectivity index (χ0v) is 13.5. The maximum atomic E-state index is 12.6. The summed E-state index contributed by atoms with van der Waals surface area (Å²) in [6.45, 7) is 5.71. The highest BCUT2D eigenvalue weighted by molar-refractivity contribution is 5.76. The van der Waals surface area contributed by atoms with Gasteiger partial charge >= 0.3 is 0 Å². The van der Waals surface area contributed by atoms with Gasteiger partial charge in [-0.05, 0) is 51.4 Å². The lowest BCUT2D eigenvalue weighted by molar-refractivity contribution is -0.135. The molecule has 5 nitrogen and oxygen atoms in total. The highest BCUT2D eigenvalue weighted by atomic mass is 16.5. The van der Waals surface area contributed by atoms with Gasteiger partial charge in [-0.1, -0.05) is 6.07 Å². The van der Waals surface area contributed by atoms with E-state index in [1.807, 2.05) is 30.0 Å². The molecule has 1 atom stereocenters. The van der Waals surface area contributed by atoms with Crippen LogP contribution in [0.2, 0.25) is 0 Å². The molecule has 1 aromatic rings. The first-order valence-electron chi connectivity index (χ1n) is 8.29. The van der Waals surface area contributed by atoms with Crippen LogP contribution in [0, 0.1) is 0 Å². The number of nitrogens with zero attached hydrogens (tertiary/aromatic N) is 2. The summed E-state index contributed by atoms with van der Waals surface area (Å²) >= 11 is 0. The van der Waals surface area contributed by atoms with Gasteiger partial charge in [-0.2, -0.15) is 0 Å². The maximum Gasteiger partial charge on any atom is 0.225 e. The van der Waals surface area contributed by atoms with Crippen molar-refractivity contribution in [2.75, 3.05) is 26.3 Å². The minimum absolute atomic E-state index is 0.172. The maximum absolute atomic E-state index is 12.6. The second-order valence-corrected chi connectivity index (χ2v) is 5.62. The molecule has 2 heterocycles. The number of pyridine rings is 1. The Balaban J connectivity index is 2.03. The van der Waals surface area contributed by atoms with E-state index in [-0.39, 0.29) is 5.91 Å². The van der Waals surface area contributed by atoms with Crippen molar-refractivity contribution >= 4 is 5.91 Å². The molecule has 0 spiro atoms. The second kappa shape index (κ2) is 9.54. The van der Waals surface area contributed by atoms with Crippen LogP contribution in [-0.4, -0.2) is 48.1 Å². The van der Waals surface area contributed by atoms with Crippen LogP contribution in [0.5, 0.6) is 0 Å². The van der Waals surface area contributed by atoms with E-state index < -0.39 is 0 Å². The number of hydrogen-bond acceptors (Lipinski definition) is 4. The highest BCUT2D eigenvalue weighted by Crippen LogP contribution is 2.17. The zero-order valence-electron chi connectivity index (χ0n) is 13.5. The van der Waals surface area contributed by atoms with Crippen LogP contribution in [0.1, 0.15) is 38.3 Å². The Bertz CT molecular complexity index is 431. The van der Waals surface area contributed by atoms with Gasteiger partial charge in [0, 0.05) is 18.8 Å². The number of amides is 1. The van der Waals surface area contributed by atoms with Gasteiger partial charge in [0.25, 0.3) is 0 Å². The minimum Gasteiger partial charge on any atom is -0.381 e. The summed E-state index contributed by atoms with van der Waals surface area (Å²) in [7, 11) is 0. The van der Waals surface area contributed by atoms with Gasteiger partial charge in [0.15, 0.2) is 0 Å². The molecule has 0 radical (unpaired) electrons. The molecule has 0 aromatic carbocycles. The van der Waals surface area contributed by atoms with Crippen molar-refractivity contribution in [3.63, 3.8) is 0 Å². The van der Waals surface area contributed by atoms with Crippen LogP contribution in [-0.2, 0) is 16.1 Å². The van der Waals surface area contributed by atoms with Crippen LogP contribution in [0.3, 0.4) is 0 Å². The van der Waals surface area contributed by atoms with Crippen molar-refractivity contribution in [1.82, 2.24) is 15.2 Å². The van der Waals surface area contributed by atoms with Crippen molar-refractivity contribution in [2.45, 2.75) is 45.2 Å². The summed E-state index contributed by atoms with van der Waals surface area (Å²) in [5.41, 5.74) is 0.949. The first kappa shape index (κ1) is 16.9. The lowest BCUT2D eigenvalue weighted by Gasteiger charge is -2.31. The van der Waals surface area contributed by atoms with Gasteiger partial charge in [-0.25, -0.2) is 0 Å². The van der Waals surface area contributed by atoms with E-state index >= 15 is 0 Å². The molecule has 0 saturated carbocycles. The van der Waals surface area contributed by atoms with E-state index in [4.69, 9.17) is 4.74 Å². The molecular formula is C17H27N3O2. The number of nitrogens with one attached hydrogen (secondary N) is 1. The predicted octanol–water partition coefficient (Wildman–Crippen LogP) is 1.98. The fraction of sp³-hybridized carbons (Fsp3) is 0.647. The van der Waals surface area contributed by atoms with E-state index in [0.717, 1.165) is 38.0 Å². The van der Waals surface area contributed by atoms with E-state index in [9.17, 15) is 4.79 Å². The lowest BCUT2D eigenvalue weighted by Crippen LogP contribution is -2.41. The average Bonchev–Trinajstić information content (AvgIpc) is 2.83. The van der Waals surface area contributed by atoms with Gasteiger partial charge in [0.1, 0.15) is 0 Å². The Morgan fingerprint density at radius 2 is 2.32 bits per heavy atom.